The molecule has 1 aliphatic heterocycles. The Balaban J connectivity index is 1.96. The number of benzene rings is 1. The Hall–Kier alpha value is -2.06. The van der Waals surface area contributed by atoms with E-state index in [0.29, 0.717) is 18.0 Å². The molecule has 0 radical (unpaired) electrons. The first-order chi connectivity index (χ1) is 8.79. The van der Waals surface area contributed by atoms with Crippen molar-refractivity contribution in [2.45, 2.75) is 18.9 Å². The average Bonchev–Trinajstić information content (AvgIpc) is 2.91. The molecule has 18 heavy (non-hydrogen) atoms. The number of nitrogens with zero attached hydrogens (tertiary/aromatic N) is 1. The summed E-state index contributed by atoms with van der Waals surface area (Å²) in [5.41, 5.74) is 0.644. The third-order valence-corrected chi connectivity index (χ3v) is 2.63. The quantitative estimate of drug-likeness (QED) is 0.877. The Morgan fingerprint density at radius 1 is 1.61 bits per heavy atom. The van der Waals surface area contributed by atoms with Gasteiger partial charge in [-0.2, -0.15) is 5.26 Å². The molecule has 1 heterocycles. The van der Waals surface area contributed by atoms with Gasteiger partial charge in [-0.15, -0.1) is 0 Å². The van der Waals surface area contributed by atoms with E-state index in [1.807, 2.05) is 6.07 Å². The van der Waals surface area contributed by atoms with Gasteiger partial charge in [0.1, 0.15) is 17.9 Å². The molecule has 1 atom stereocenters. The first-order valence-electron chi connectivity index (χ1n) is 5.82. The number of carbonyl (C=O) groups excluding carboxylic acids is 1. The molecular weight excluding hydrogens is 232 g/mol. The van der Waals surface area contributed by atoms with Gasteiger partial charge < -0.3 is 14.8 Å². The fraction of sp³-hybridized carbons (Fsp3) is 0.385. The van der Waals surface area contributed by atoms with E-state index in [1.165, 1.54) is 0 Å². The number of anilines is 1. The van der Waals surface area contributed by atoms with Gasteiger partial charge in [-0.3, -0.25) is 4.79 Å². The van der Waals surface area contributed by atoms with Gasteiger partial charge in [0, 0.05) is 18.4 Å². The number of carbonyl (C=O) groups is 1. The highest BCUT2D eigenvalue weighted by Gasteiger charge is 2.23. The molecule has 0 bridgehead atoms. The summed E-state index contributed by atoms with van der Waals surface area (Å²) in [6, 6.07) is 8.84. The molecule has 1 saturated heterocycles. The Morgan fingerprint density at radius 3 is 3.22 bits per heavy atom. The van der Waals surface area contributed by atoms with Crippen LogP contribution in [0.25, 0.3) is 0 Å². The van der Waals surface area contributed by atoms with Crippen molar-refractivity contribution >= 4 is 11.6 Å². The summed E-state index contributed by atoms with van der Waals surface area (Å²) in [5, 5.41) is 11.2. The van der Waals surface area contributed by atoms with E-state index in [0.717, 1.165) is 12.8 Å². The van der Waals surface area contributed by atoms with E-state index in [1.54, 1.807) is 24.3 Å². The van der Waals surface area contributed by atoms with Crippen molar-refractivity contribution in [3.63, 3.8) is 0 Å². The maximum absolute atomic E-state index is 11.8. The molecule has 0 spiro atoms. The highest BCUT2D eigenvalue weighted by molar-refractivity contribution is 5.94. The van der Waals surface area contributed by atoms with Crippen molar-refractivity contribution in [2.24, 2.45) is 0 Å². The smallest absolute Gasteiger partial charge is 0.253 e. The van der Waals surface area contributed by atoms with Crippen molar-refractivity contribution in [3.8, 4) is 11.8 Å². The summed E-state index contributed by atoms with van der Waals surface area (Å²) in [6.07, 6.45) is 1.33. The molecule has 0 aliphatic carbocycles. The summed E-state index contributed by atoms with van der Waals surface area (Å²) in [7, 11) is 0. The molecule has 1 amide bonds. The summed E-state index contributed by atoms with van der Waals surface area (Å²) < 4.78 is 10.5. The number of nitriles is 1. The minimum absolute atomic E-state index is 0.0108. The Kier molecular flexibility index (Phi) is 4.15. The lowest BCUT2D eigenvalue weighted by atomic mass is 10.2. The number of nitrogens with one attached hydrogen (secondary N) is 1. The Bertz CT molecular complexity index is 462. The van der Waals surface area contributed by atoms with Crippen LogP contribution in [0.4, 0.5) is 5.69 Å². The number of hydrogen-bond acceptors (Lipinski definition) is 4. The first-order valence-corrected chi connectivity index (χ1v) is 5.82. The molecule has 1 unspecified atom stereocenters. The van der Waals surface area contributed by atoms with E-state index in [4.69, 9.17) is 14.7 Å². The van der Waals surface area contributed by atoms with Gasteiger partial charge in [-0.1, -0.05) is 6.07 Å². The molecule has 5 nitrogen and oxygen atoms in total. The summed E-state index contributed by atoms with van der Waals surface area (Å²) in [4.78, 5) is 11.8. The molecule has 1 N–H and O–H groups in total. The molecule has 1 aromatic carbocycles. The van der Waals surface area contributed by atoms with Crippen LogP contribution in [-0.2, 0) is 9.53 Å². The number of ether oxygens (including phenoxy) is 2. The van der Waals surface area contributed by atoms with Gasteiger partial charge in [0.25, 0.3) is 5.91 Å². The van der Waals surface area contributed by atoms with E-state index in [9.17, 15) is 4.79 Å². The monoisotopic (exact) mass is 246 g/mol. The molecule has 1 fully saturated rings. The molecule has 2 rings (SSSR count). The highest BCUT2D eigenvalue weighted by Crippen LogP contribution is 2.19. The second-order valence-electron chi connectivity index (χ2n) is 3.97. The zero-order valence-corrected chi connectivity index (χ0v) is 9.89. The maximum atomic E-state index is 11.8. The zero-order valence-electron chi connectivity index (χ0n) is 9.89. The van der Waals surface area contributed by atoms with Crippen LogP contribution < -0.4 is 10.1 Å². The number of hydrogen-bond donors (Lipinski definition) is 1. The summed E-state index contributed by atoms with van der Waals surface area (Å²) in [5.74, 6) is 0.423. The van der Waals surface area contributed by atoms with Crippen LogP contribution in [0.1, 0.15) is 12.8 Å². The third-order valence-electron chi connectivity index (χ3n) is 2.63. The minimum Gasteiger partial charge on any atom is -0.479 e. The van der Waals surface area contributed by atoms with Gasteiger partial charge in [0.05, 0.1) is 0 Å². The lowest BCUT2D eigenvalue weighted by molar-refractivity contribution is -0.124. The molecule has 5 heteroatoms. The molecule has 0 saturated carbocycles. The standard InChI is InChI=1S/C13H14N2O3/c14-6-8-17-11-4-1-3-10(9-11)15-13(16)12-5-2-7-18-12/h1,3-4,9,12H,2,5,7-8H2,(H,15,16). The SMILES string of the molecule is N#CCOc1cccc(NC(=O)C2CCCO2)c1. The fourth-order valence-corrected chi connectivity index (χ4v) is 1.79. The van der Waals surface area contributed by atoms with Crippen LogP contribution in [-0.4, -0.2) is 25.2 Å². The molecule has 1 aliphatic rings. The van der Waals surface area contributed by atoms with Crippen molar-refractivity contribution in [2.75, 3.05) is 18.5 Å². The van der Waals surface area contributed by atoms with Crippen LogP contribution in [0.3, 0.4) is 0 Å². The van der Waals surface area contributed by atoms with Crippen LogP contribution >= 0.6 is 0 Å². The van der Waals surface area contributed by atoms with Gasteiger partial charge in [0.15, 0.2) is 6.61 Å². The summed E-state index contributed by atoms with van der Waals surface area (Å²) in [6.45, 7) is 0.631. The number of rotatable bonds is 4. The second kappa shape index (κ2) is 6.03. The van der Waals surface area contributed by atoms with E-state index < -0.39 is 0 Å². The van der Waals surface area contributed by atoms with Crippen molar-refractivity contribution in [1.82, 2.24) is 0 Å². The van der Waals surface area contributed by atoms with Crippen LogP contribution in [0, 0.1) is 11.3 Å². The molecular formula is C13H14N2O3. The van der Waals surface area contributed by atoms with Crippen LogP contribution in [0.15, 0.2) is 24.3 Å². The van der Waals surface area contributed by atoms with E-state index >= 15 is 0 Å². The Morgan fingerprint density at radius 2 is 2.50 bits per heavy atom. The van der Waals surface area contributed by atoms with E-state index in [-0.39, 0.29) is 18.6 Å². The molecule has 94 valence electrons. The molecule has 1 aromatic rings. The van der Waals surface area contributed by atoms with Gasteiger partial charge in [0.2, 0.25) is 0 Å². The van der Waals surface area contributed by atoms with Crippen LogP contribution in [0.2, 0.25) is 0 Å². The minimum atomic E-state index is -0.353. The third kappa shape index (κ3) is 3.22. The highest BCUT2D eigenvalue weighted by atomic mass is 16.5. The number of amides is 1. The largest absolute Gasteiger partial charge is 0.479 e. The second-order valence-corrected chi connectivity index (χ2v) is 3.97. The normalized spacial score (nSPS) is 18.1. The van der Waals surface area contributed by atoms with Gasteiger partial charge >= 0.3 is 0 Å². The predicted molar refractivity (Wildman–Crippen MR) is 65.2 cm³/mol. The van der Waals surface area contributed by atoms with Crippen molar-refractivity contribution in [1.29, 1.82) is 5.26 Å². The maximum Gasteiger partial charge on any atom is 0.253 e. The van der Waals surface area contributed by atoms with Crippen LogP contribution in [0.5, 0.6) is 5.75 Å². The van der Waals surface area contributed by atoms with E-state index in [2.05, 4.69) is 5.32 Å². The lowest BCUT2D eigenvalue weighted by Crippen LogP contribution is -2.26. The Labute approximate surface area is 105 Å². The topological polar surface area (TPSA) is 71.3 Å². The van der Waals surface area contributed by atoms with Gasteiger partial charge in [-0.25, -0.2) is 0 Å². The first kappa shape index (κ1) is 12.4. The molecule has 0 aromatic heterocycles. The summed E-state index contributed by atoms with van der Waals surface area (Å²) >= 11 is 0. The van der Waals surface area contributed by atoms with Gasteiger partial charge in [-0.05, 0) is 25.0 Å². The zero-order chi connectivity index (χ0) is 12.8. The fourth-order valence-electron chi connectivity index (χ4n) is 1.79. The predicted octanol–water partition coefficient (Wildman–Crippen LogP) is 1.71. The van der Waals surface area contributed by atoms with Crippen molar-refractivity contribution < 1.29 is 14.3 Å². The van der Waals surface area contributed by atoms with Crippen molar-refractivity contribution in [3.05, 3.63) is 24.3 Å². The average molecular weight is 246 g/mol. The lowest BCUT2D eigenvalue weighted by Gasteiger charge is -2.11.